The summed E-state index contributed by atoms with van der Waals surface area (Å²) in [5.41, 5.74) is 0. The second kappa shape index (κ2) is 10.4. The second-order valence-electron chi connectivity index (χ2n) is 8.05. The number of hydrogen-bond donors (Lipinski definition) is 1. The molecule has 1 fully saturated rings. The average Bonchev–Trinajstić information content (AvgIpc) is 2.82. The smallest absolute Gasteiger partial charge is 0.231 e. The van der Waals surface area contributed by atoms with Crippen LogP contribution < -0.4 is 19.7 Å². The molecule has 2 aliphatic rings. The van der Waals surface area contributed by atoms with Gasteiger partial charge in [-0.25, -0.2) is 4.98 Å². The van der Waals surface area contributed by atoms with E-state index in [2.05, 4.69) is 10.3 Å². The summed E-state index contributed by atoms with van der Waals surface area (Å²) in [6.07, 6.45) is 8.19. The number of aromatic nitrogens is 1. The molecule has 2 aromatic rings. The molecule has 1 atom stereocenters. The van der Waals surface area contributed by atoms with E-state index in [1.54, 1.807) is 6.20 Å². The number of carbonyl (C=O) groups is 1. The lowest BCUT2D eigenvalue weighted by molar-refractivity contribution is -0.123. The maximum absolute atomic E-state index is 13.1. The molecule has 0 radical (unpaired) electrons. The molecule has 0 spiro atoms. The standard InChI is InChI=1S/C24H31N3O3/c28-24(19-8-2-1-3-9-19)27(23-12-6-7-14-26-23)17-16-25-15-13-20-18-29-21-10-4-5-11-22(21)30-20/h4-7,10-12,14,19-20,25H,1-3,8-9,13,15-18H2. The molecule has 6 nitrogen and oxygen atoms in total. The Morgan fingerprint density at radius 1 is 1.03 bits per heavy atom. The first-order valence-corrected chi connectivity index (χ1v) is 11.1. The fourth-order valence-electron chi connectivity index (χ4n) is 4.21. The molecule has 160 valence electrons. The van der Waals surface area contributed by atoms with Crippen LogP contribution in [0.1, 0.15) is 38.5 Å². The van der Waals surface area contributed by atoms with Crippen LogP contribution in [0.2, 0.25) is 0 Å². The summed E-state index contributed by atoms with van der Waals surface area (Å²) < 4.78 is 11.8. The molecule has 1 aromatic carbocycles. The van der Waals surface area contributed by atoms with Crippen LogP contribution in [0.3, 0.4) is 0 Å². The van der Waals surface area contributed by atoms with Crippen LogP contribution in [0.25, 0.3) is 0 Å². The van der Waals surface area contributed by atoms with Crippen molar-refractivity contribution in [2.45, 2.75) is 44.6 Å². The Morgan fingerprint density at radius 2 is 1.83 bits per heavy atom. The lowest BCUT2D eigenvalue weighted by atomic mass is 9.88. The molecule has 0 saturated heterocycles. The normalized spacial score (nSPS) is 18.7. The quantitative estimate of drug-likeness (QED) is 0.672. The van der Waals surface area contributed by atoms with Gasteiger partial charge in [0.1, 0.15) is 18.5 Å². The van der Waals surface area contributed by atoms with Crippen molar-refractivity contribution in [3.63, 3.8) is 0 Å². The van der Waals surface area contributed by atoms with Gasteiger partial charge in [-0.1, -0.05) is 37.5 Å². The summed E-state index contributed by atoms with van der Waals surface area (Å²) in [6.45, 7) is 2.72. The highest BCUT2D eigenvalue weighted by Gasteiger charge is 2.27. The van der Waals surface area contributed by atoms with Crippen molar-refractivity contribution >= 4 is 11.7 Å². The fraction of sp³-hybridized carbons (Fsp3) is 0.500. The van der Waals surface area contributed by atoms with E-state index in [9.17, 15) is 4.79 Å². The Hall–Kier alpha value is -2.60. The number of ether oxygens (including phenoxy) is 2. The van der Waals surface area contributed by atoms with Crippen molar-refractivity contribution in [2.24, 2.45) is 5.92 Å². The maximum Gasteiger partial charge on any atom is 0.231 e. The highest BCUT2D eigenvalue weighted by atomic mass is 16.6. The molecule has 0 bridgehead atoms. The van der Waals surface area contributed by atoms with Crippen LogP contribution in [-0.2, 0) is 4.79 Å². The molecule has 1 aliphatic heterocycles. The van der Waals surface area contributed by atoms with Gasteiger partial charge >= 0.3 is 0 Å². The van der Waals surface area contributed by atoms with E-state index in [0.717, 1.165) is 62.5 Å². The Morgan fingerprint density at radius 3 is 2.63 bits per heavy atom. The van der Waals surface area contributed by atoms with Gasteiger partial charge in [-0.3, -0.25) is 9.69 Å². The van der Waals surface area contributed by atoms with Gasteiger partial charge < -0.3 is 14.8 Å². The van der Waals surface area contributed by atoms with Gasteiger partial charge in [0.25, 0.3) is 0 Å². The van der Waals surface area contributed by atoms with Crippen LogP contribution in [0.15, 0.2) is 48.7 Å². The Bertz CT molecular complexity index is 808. The van der Waals surface area contributed by atoms with E-state index in [1.807, 2.05) is 47.4 Å². The maximum atomic E-state index is 13.1. The van der Waals surface area contributed by atoms with Crippen LogP contribution in [0.5, 0.6) is 11.5 Å². The van der Waals surface area contributed by atoms with Gasteiger partial charge in [-0.15, -0.1) is 0 Å². The van der Waals surface area contributed by atoms with E-state index in [-0.39, 0.29) is 17.9 Å². The SMILES string of the molecule is O=C(C1CCCCC1)N(CCNCCC1COc2ccccc2O1)c1ccccn1. The summed E-state index contributed by atoms with van der Waals surface area (Å²) in [7, 11) is 0. The van der Waals surface area contributed by atoms with Gasteiger partial charge in [0.05, 0.1) is 0 Å². The number of rotatable bonds is 8. The lowest BCUT2D eigenvalue weighted by Gasteiger charge is -2.29. The third-order valence-electron chi connectivity index (χ3n) is 5.87. The number of amides is 1. The Kier molecular flexibility index (Phi) is 7.19. The number of anilines is 1. The first kappa shape index (κ1) is 20.7. The van der Waals surface area contributed by atoms with E-state index >= 15 is 0 Å². The molecule has 30 heavy (non-hydrogen) atoms. The van der Waals surface area contributed by atoms with Gasteiger partial charge in [-0.05, 0) is 43.7 Å². The summed E-state index contributed by atoms with van der Waals surface area (Å²) in [6, 6.07) is 13.5. The number of pyridine rings is 1. The first-order chi connectivity index (χ1) is 14.8. The minimum absolute atomic E-state index is 0.0446. The zero-order chi connectivity index (χ0) is 20.6. The summed E-state index contributed by atoms with van der Waals surface area (Å²) >= 11 is 0. The predicted octanol–water partition coefficient (Wildman–Crippen LogP) is 3.81. The number of fused-ring (bicyclic) bond motifs is 1. The van der Waals surface area contributed by atoms with Gasteiger partial charge in [-0.2, -0.15) is 0 Å². The zero-order valence-electron chi connectivity index (χ0n) is 17.5. The van der Waals surface area contributed by atoms with E-state index in [4.69, 9.17) is 9.47 Å². The first-order valence-electron chi connectivity index (χ1n) is 11.1. The number of benzene rings is 1. The number of hydrogen-bond acceptors (Lipinski definition) is 5. The van der Waals surface area contributed by atoms with Crippen molar-refractivity contribution in [2.75, 3.05) is 31.1 Å². The third kappa shape index (κ3) is 5.30. The van der Waals surface area contributed by atoms with Crippen LogP contribution in [0.4, 0.5) is 5.82 Å². The van der Waals surface area contributed by atoms with E-state index in [0.29, 0.717) is 13.2 Å². The van der Waals surface area contributed by atoms with Crippen molar-refractivity contribution in [1.82, 2.24) is 10.3 Å². The number of para-hydroxylation sites is 2. The van der Waals surface area contributed by atoms with Gasteiger partial charge in [0, 0.05) is 31.6 Å². The minimum atomic E-state index is 0.0446. The molecule has 1 N–H and O–H groups in total. The number of carbonyl (C=O) groups excluding carboxylic acids is 1. The Labute approximate surface area is 178 Å². The van der Waals surface area contributed by atoms with Crippen molar-refractivity contribution in [1.29, 1.82) is 0 Å². The van der Waals surface area contributed by atoms with Gasteiger partial charge in [0.2, 0.25) is 5.91 Å². The molecule has 1 unspecified atom stereocenters. The molecule has 1 amide bonds. The predicted molar refractivity (Wildman–Crippen MR) is 117 cm³/mol. The molecular weight excluding hydrogens is 378 g/mol. The van der Waals surface area contributed by atoms with E-state index in [1.165, 1.54) is 6.42 Å². The molecule has 1 aliphatic carbocycles. The highest BCUT2D eigenvalue weighted by Crippen LogP contribution is 2.31. The molecule has 6 heteroatoms. The molecule has 4 rings (SSSR count). The fourth-order valence-corrected chi connectivity index (χ4v) is 4.21. The zero-order valence-corrected chi connectivity index (χ0v) is 17.5. The lowest BCUT2D eigenvalue weighted by Crippen LogP contribution is -2.42. The minimum Gasteiger partial charge on any atom is -0.486 e. The van der Waals surface area contributed by atoms with Crippen molar-refractivity contribution < 1.29 is 14.3 Å². The number of nitrogens with one attached hydrogen (secondary N) is 1. The van der Waals surface area contributed by atoms with E-state index < -0.39 is 0 Å². The largest absolute Gasteiger partial charge is 0.486 e. The molecule has 1 saturated carbocycles. The summed E-state index contributed by atoms with van der Waals surface area (Å²) in [4.78, 5) is 19.4. The van der Waals surface area contributed by atoms with Crippen LogP contribution in [0, 0.1) is 5.92 Å². The topological polar surface area (TPSA) is 63.7 Å². The van der Waals surface area contributed by atoms with Crippen LogP contribution >= 0.6 is 0 Å². The third-order valence-corrected chi connectivity index (χ3v) is 5.87. The number of nitrogens with zero attached hydrogens (tertiary/aromatic N) is 2. The molecule has 1 aromatic heterocycles. The van der Waals surface area contributed by atoms with Gasteiger partial charge in [0.15, 0.2) is 11.5 Å². The second-order valence-corrected chi connectivity index (χ2v) is 8.05. The molecule has 2 heterocycles. The molecular formula is C24H31N3O3. The summed E-state index contributed by atoms with van der Waals surface area (Å²) in [5.74, 6) is 2.72. The monoisotopic (exact) mass is 409 g/mol. The average molecular weight is 410 g/mol. The van der Waals surface area contributed by atoms with Crippen LogP contribution in [-0.4, -0.2) is 43.2 Å². The Balaban J connectivity index is 1.25. The summed E-state index contributed by atoms with van der Waals surface area (Å²) in [5, 5.41) is 3.46. The van der Waals surface area contributed by atoms with Crippen molar-refractivity contribution in [3.05, 3.63) is 48.7 Å². The highest BCUT2D eigenvalue weighted by molar-refractivity contribution is 5.94. The van der Waals surface area contributed by atoms with Crippen molar-refractivity contribution in [3.8, 4) is 11.5 Å².